The SMILES string of the molecule is C=C(C)CCC(O)c1cccc(Br)c1. The zero-order valence-electron chi connectivity index (χ0n) is 8.33. The number of halogens is 1. The minimum atomic E-state index is -0.385. The lowest BCUT2D eigenvalue weighted by atomic mass is 10.0. The maximum absolute atomic E-state index is 9.83. The van der Waals surface area contributed by atoms with Crippen LogP contribution in [0.2, 0.25) is 0 Å². The highest BCUT2D eigenvalue weighted by Gasteiger charge is 2.06. The number of rotatable bonds is 4. The third-order valence-corrected chi connectivity index (χ3v) is 2.57. The highest BCUT2D eigenvalue weighted by Crippen LogP contribution is 2.22. The summed E-state index contributed by atoms with van der Waals surface area (Å²) >= 11 is 3.38. The van der Waals surface area contributed by atoms with Crippen LogP contribution in [-0.4, -0.2) is 5.11 Å². The Morgan fingerprint density at radius 2 is 2.29 bits per heavy atom. The molecular weight excluding hydrogens is 240 g/mol. The zero-order valence-corrected chi connectivity index (χ0v) is 9.92. The number of aliphatic hydroxyl groups excluding tert-OH is 1. The van der Waals surface area contributed by atoms with Crippen molar-refractivity contribution in [1.29, 1.82) is 0 Å². The van der Waals surface area contributed by atoms with E-state index in [-0.39, 0.29) is 6.10 Å². The Bertz CT molecular complexity index is 320. The van der Waals surface area contributed by atoms with E-state index in [1.165, 1.54) is 0 Å². The third kappa shape index (κ3) is 3.64. The first kappa shape index (κ1) is 11.5. The molecule has 0 spiro atoms. The molecule has 0 amide bonds. The molecule has 1 aromatic rings. The van der Waals surface area contributed by atoms with Gasteiger partial charge in [-0.15, -0.1) is 6.58 Å². The van der Waals surface area contributed by atoms with Crippen LogP contribution >= 0.6 is 15.9 Å². The van der Waals surface area contributed by atoms with Crippen molar-refractivity contribution >= 4 is 15.9 Å². The molecular formula is C12H15BrO. The van der Waals surface area contributed by atoms with Crippen LogP contribution in [0.3, 0.4) is 0 Å². The predicted octanol–water partition coefficient (Wildman–Crippen LogP) is 3.84. The molecule has 14 heavy (non-hydrogen) atoms. The van der Waals surface area contributed by atoms with Crippen molar-refractivity contribution in [3.8, 4) is 0 Å². The molecule has 0 aromatic heterocycles. The summed E-state index contributed by atoms with van der Waals surface area (Å²) in [5, 5.41) is 9.83. The fraction of sp³-hybridized carbons (Fsp3) is 0.333. The molecule has 0 saturated carbocycles. The Morgan fingerprint density at radius 3 is 2.86 bits per heavy atom. The first-order valence-electron chi connectivity index (χ1n) is 4.67. The number of hydrogen-bond donors (Lipinski definition) is 1. The first-order valence-corrected chi connectivity index (χ1v) is 5.47. The Balaban J connectivity index is 2.60. The predicted molar refractivity (Wildman–Crippen MR) is 63.1 cm³/mol. The highest BCUT2D eigenvalue weighted by molar-refractivity contribution is 9.10. The highest BCUT2D eigenvalue weighted by atomic mass is 79.9. The van der Waals surface area contributed by atoms with Crippen molar-refractivity contribution in [3.63, 3.8) is 0 Å². The lowest BCUT2D eigenvalue weighted by molar-refractivity contribution is 0.168. The summed E-state index contributed by atoms with van der Waals surface area (Å²) in [6.45, 7) is 5.80. The van der Waals surface area contributed by atoms with Gasteiger partial charge in [0.25, 0.3) is 0 Å². The van der Waals surface area contributed by atoms with E-state index in [2.05, 4.69) is 22.5 Å². The normalized spacial score (nSPS) is 12.5. The van der Waals surface area contributed by atoms with Crippen LogP contribution in [0, 0.1) is 0 Å². The van der Waals surface area contributed by atoms with Gasteiger partial charge in [0.1, 0.15) is 0 Å². The number of hydrogen-bond acceptors (Lipinski definition) is 1. The molecule has 1 rings (SSSR count). The van der Waals surface area contributed by atoms with Crippen molar-refractivity contribution < 1.29 is 5.11 Å². The van der Waals surface area contributed by atoms with Crippen LogP contribution in [0.5, 0.6) is 0 Å². The molecule has 0 aliphatic heterocycles. The van der Waals surface area contributed by atoms with Gasteiger partial charge in [-0.25, -0.2) is 0 Å². The molecule has 1 nitrogen and oxygen atoms in total. The molecule has 76 valence electrons. The summed E-state index contributed by atoms with van der Waals surface area (Å²) < 4.78 is 1.00. The van der Waals surface area contributed by atoms with E-state index in [1.54, 1.807) is 0 Å². The maximum atomic E-state index is 9.83. The van der Waals surface area contributed by atoms with Gasteiger partial charge in [-0.05, 0) is 37.5 Å². The standard InChI is InChI=1S/C12H15BrO/c1-9(2)6-7-12(14)10-4-3-5-11(13)8-10/h3-5,8,12,14H,1,6-7H2,2H3. The van der Waals surface area contributed by atoms with Crippen molar-refractivity contribution in [2.45, 2.75) is 25.9 Å². The molecule has 1 N–H and O–H groups in total. The van der Waals surface area contributed by atoms with Crippen LogP contribution in [0.1, 0.15) is 31.4 Å². The van der Waals surface area contributed by atoms with Crippen molar-refractivity contribution in [2.75, 3.05) is 0 Å². The minimum absolute atomic E-state index is 0.385. The van der Waals surface area contributed by atoms with Crippen LogP contribution in [0.4, 0.5) is 0 Å². The average molecular weight is 255 g/mol. The molecule has 0 fully saturated rings. The molecule has 0 radical (unpaired) electrons. The molecule has 0 saturated heterocycles. The van der Waals surface area contributed by atoms with Gasteiger partial charge in [0, 0.05) is 4.47 Å². The Hall–Kier alpha value is -0.600. The molecule has 0 heterocycles. The van der Waals surface area contributed by atoms with E-state index < -0.39 is 0 Å². The third-order valence-electron chi connectivity index (χ3n) is 2.08. The summed E-state index contributed by atoms with van der Waals surface area (Å²) in [5.41, 5.74) is 2.07. The second kappa shape index (κ2) is 5.32. The van der Waals surface area contributed by atoms with Gasteiger partial charge in [0.05, 0.1) is 6.10 Å². The van der Waals surface area contributed by atoms with Gasteiger partial charge in [-0.2, -0.15) is 0 Å². The molecule has 1 atom stereocenters. The van der Waals surface area contributed by atoms with Crippen molar-refractivity contribution in [1.82, 2.24) is 0 Å². The maximum Gasteiger partial charge on any atom is 0.0793 e. The molecule has 1 aromatic carbocycles. The molecule has 1 unspecified atom stereocenters. The summed E-state index contributed by atoms with van der Waals surface area (Å²) in [6, 6.07) is 7.77. The van der Waals surface area contributed by atoms with Gasteiger partial charge >= 0.3 is 0 Å². The quantitative estimate of drug-likeness (QED) is 0.810. The van der Waals surface area contributed by atoms with Crippen LogP contribution in [0.15, 0.2) is 40.9 Å². The Morgan fingerprint density at radius 1 is 1.57 bits per heavy atom. The zero-order chi connectivity index (χ0) is 10.6. The molecule has 2 heteroatoms. The van der Waals surface area contributed by atoms with Gasteiger partial charge in [0.15, 0.2) is 0 Å². The summed E-state index contributed by atoms with van der Waals surface area (Å²) in [4.78, 5) is 0. The van der Waals surface area contributed by atoms with E-state index in [0.29, 0.717) is 0 Å². The minimum Gasteiger partial charge on any atom is -0.388 e. The van der Waals surface area contributed by atoms with Gasteiger partial charge in [-0.3, -0.25) is 0 Å². The van der Waals surface area contributed by atoms with E-state index in [0.717, 1.165) is 28.5 Å². The number of benzene rings is 1. The van der Waals surface area contributed by atoms with Gasteiger partial charge in [0.2, 0.25) is 0 Å². The monoisotopic (exact) mass is 254 g/mol. The van der Waals surface area contributed by atoms with E-state index >= 15 is 0 Å². The summed E-state index contributed by atoms with van der Waals surface area (Å²) in [6.07, 6.45) is 1.23. The van der Waals surface area contributed by atoms with E-state index in [9.17, 15) is 5.11 Å². The lowest BCUT2D eigenvalue weighted by Crippen LogP contribution is -1.97. The van der Waals surface area contributed by atoms with Crippen LogP contribution < -0.4 is 0 Å². The fourth-order valence-electron chi connectivity index (χ4n) is 1.26. The van der Waals surface area contributed by atoms with Gasteiger partial charge < -0.3 is 5.11 Å². The Labute approximate surface area is 93.6 Å². The topological polar surface area (TPSA) is 20.2 Å². The lowest BCUT2D eigenvalue weighted by Gasteiger charge is -2.10. The second-order valence-electron chi connectivity index (χ2n) is 3.57. The summed E-state index contributed by atoms with van der Waals surface area (Å²) in [5.74, 6) is 0. The van der Waals surface area contributed by atoms with Crippen molar-refractivity contribution in [2.24, 2.45) is 0 Å². The molecule has 0 aliphatic rings. The largest absolute Gasteiger partial charge is 0.388 e. The van der Waals surface area contributed by atoms with E-state index in [4.69, 9.17) is 0 Å². The van der Waals surface area contributed by atoms with Gasteiger partial charge in [-0.1, -0.05) is 33.6 Å². The van der Waals surface area contributed by atoms with Crippen LogP contribution in [-0.2, 0) is 0 Å². The fourth-order valence-corrected chi connectivity index (χ4v) is 1.68. The first-order chi connectivity index (χ1) is 6.59. The molecule has 0 aliphatic carbocycles. The molecule has 0 bridgehead atoms. The average Bonchev–Trinajstić information content (AvgIpc) is 2.14. The number of allylic oxidation sites excluding steroid dienone is 1. The van der Waals surface area contributed by atoms with Crippen molar-refractivity contribution in [3.05, 3.63) is 46.5 Å². The van der Waals surface area contributed by atoms with E-state index in [1.807, 2.05) is 31.2 Å². The van der Waals surface area contributed by atoms with Crippen LogP contribution in [0.25, 0.3) is 0 Å². The smallest absolute Gasteiger partial charge is 0.0793 e. The Kier molecular flexibility index (Phi) is 4.36. The number of aliphatic hydroxyl groups is 1. The summed E-state index contributed by atoms with van der Waals surface area (Å²) in [7, 11) is 0. The second-order valence-corrected chi connectivity index (χ2v) is 4.48.